The van der Waals surface area contributed by atoms with Crippen molar-refractivity contribution in [2.24, 2.45) is 0 Å². The molecule has 1 N–H and O–H groups in total. The summed E-state index contributed by atoms with van der Waals surface area (Å²) >= 11 is 11.9. The van der Waals surface area contributed by atoms with E-state index in [4.69, 9.17) is 23.2 Å². The Morgan fingerprint density at radius 1 is 1.11 bits per heavy atom. The van der Waals surface area contributed by atoms with E-state index in [1.165, 1.54) is 0 Å². The smallest absolute Gasteiger partial charge is 0.0636 e. The lowest BCUT2D eigenvalue weighted by Gasteiger charge is -2.11. The molecule has 1 aromatic heterocycles. The number of aromatic nitrogens is 1. The number of hydrogen-bond donors (Lipinski definition) is 1. The lowest BCUT2D eigenvalue weighted by atomic mass is 10.0. The molecule has 0 saturated heterocycles. The van der Waals surface area contributed by atoms with E-state index in [-0.39, 0.29) is 0 Å². The Balaban J connectivity index is 2.01. The van der Waals surface area contributed by atoms with Gasteiger partial charge in [0.25, 0.3) is 0 Å². The maximum absolute atomic E-state index is 10.0. The highest BCUT2D eigenvalue weighted by atomic mass is 35.5. The first-order valence-electron chi connectivity index (χ1n) is 5.67. The van der Waals surface area contributed by atoms with Gasteiger partial charge in [0.2, 0.25) is 0 Å². The topological polar surface area (TPSA) is 33.1 Å². The van der Waals surface area contributed by atoms with Crippen molar-refractivity contribution in [2.75, 3.05) is 0 Å². The molecule has 0 bridgehead atoms. The largest absolute Gasteiger partial charge is 0.392 e. The fourth-order valence-corrected chi connectivity index (χ4v) is 2.26. The molecule has 0 amide bonds. The van der Waals surface area contributed by atoms with Crippen LogP contribution in [0, 0.1) is 0 Å². The number of halogens is 2. The Bertz CT molecular complexity index is 516. The molecule has 1 unspecified atom stereocenters. The Hall–Kier alpha value is -1.09. The molecule has 18 heavy (non-hydrogen) atoms. The van der Waals surface area contributed by atoms with Crippen LogP contribution < -0.4 is 0 Å². The SMILES string of the molecule is OC(Cc1ccccn1)Cc1ccc(Cl)cc1Cl. The van der Waals surface area contributed by atoms with Crippen molar-refractivity contribution in [1.29, 1.82) is 0 Å². The zero-order chi connectivity index (χ0) is 13.0. The van der Waals surface area contributed by atoms with Crippen molar-refractivity contribution in [1.82, 2.24) is 4.98 Å². The molecule has 2 nitrogen and oxygen atoms in total. The Morgan fingerprint density at radius 3 is 2.61 bits per heavy atom. The second kappa shape index (κ2) is 6.19. The highest BCUT2D eigenvalue weighted by Gasteiger charge is 2.10. The van der Waals surface area contributed by atoms with Crippen LogP contribution in [0.5, 0.6) is 0 Å². The third-order valence-electron chi connectivity index (χ3n) is 2.64. The fourth-order valence-electron chi connectivity index (χ4n) is 1.77. The quantitative estimate of drug-likeness (QED) is 0.930. The Morgan fingerprint density at radius 2 is 1.94 bits per heavy atom. The zero-order valence-corrected chi connectivity index (χ0v) is 11.2. The Labute approximate surface area is 116 Å². The van der Waals surface area contributed by atoms with Crippen LogP contribution in [0.25, 0.3) is 0 Å². The molecular weight excluding hydrogens is 269 g/mol. The van der Waals surface area contributed by atoms with Gasteiger partial charge < -0.3 is 5.11 Å². The maximum Gasteiger partial charge on any atom is 0.0636 e. The summed E-state index contributed by atoms with van der Waals surface area (Å²) in [5.41, 5.74) is 1.76. The van der Waals surface area contributed by atoms with Gasteiger partial charge in [-0.15, -0.1) is 0 Å². The van der Waals surface area contributed by atoms with Crippen LogP contribution in [-0.2, 0) is 12.8 Å². The van der Waals surface area contributed by atoms with Crippen LogP contribution in [0.15, 0.2) is 42.6 Å². The van der Waals surface area contributed by atoms with Crippen molar-refractivity contribution in [3.05, 3.63) is 63.9 Å². The van der Waals surface area contributed by atoms with Crippen molar-refractivity contribution in [2.45, 2.75) is 18.9 Å². The first-order valence-corrected chi connectivity index (χ1v) is 6.42. The second-order valence-corrected chi connectivity index (χ2v) is 4.96. The molecule has 0 aliphatic rings. The molecule has 0 aliphatic carbocycles. The van der Waals surface area contributed by atoms with Crippen molar-refractivity contribution >= 4 is 23.2 Å². The molecule has 0 radical (unpaired) electrons. The number of hydrogen-bond acceptors (Lipinski definition) is 2. The highest BCUT2D eigenvalue weighted by Crippen LogP contribution is 2.22. The standard InChI is InChI=1S/C14H13Cl2NO/c15-11-5-4-10(14(16)8-11)7-13(18)9-12-3-1-2-6-17-12/h1-6,8,13,18H,7,9H2. The third-order valence-corrected chi connectivity index (χ3v) is 3.23. The van der Waals surface area contributed by atoms with E-state index >= 15 is 0 Å². The normalized spacial score (nSPS) is 12.4. The van der Waals surface area contributed by atoms with E-state index in [2.05, 4.69) is 4.98 Å². The van der Waals surface area contributed by atoms with E-state index < -0.39 is 6.10 Å². The van der Waals surface area contributed by atoms with Gasteiger partial charge in [-0.1, -0.05) is 35.3 Å². The van der Waals surface area contributed by atoms with E-state index in [9.17, 15) is 5.11 Å². The number of rotatable bonds is 4. The monoisotopic (exact) mass is 281 g/mol. The summed E-state index contributed by atoms with van der Waals surface area (Å²) in [5.74, 6) is 0. The minimum absolute atomic E-state index is 0.493. The zero-order valence-electron chi connectivity index (χ0n) is 9.68. The predicted octanol–water partition coefficient (Wildman–Crippen LogP) is 3.53. The molecule has 0 aliphatic heterocycles. The maximum atomic E-state index is 10.0. The summed E-state index contributed by atoms with van der Waals surface area (Å²) in [6, 6.07) is 11.0. The molecule has 1 heterocycles. The highest BCUT2D eigenvalue weighted by molar-refractivity contribution is 6.35. The summed E-state index contributed by atoms with van der Waals surface area (Å²) in [7, 11) is 0. The first-order chi connectivity index (χ1) is 8.65. The summed E-state index contributed by atoms with van der Waals surface area (Å²) in [4.78, 5) is 4.18. The molecule has 0 saturated carbocycles. The van der Waals surface area contributed by atoms with Crippen molar-refractivity contribution in [3.8, 4) is 0 Å². The molecular formula is C14H13Cl2NO. The third kappa shape index (κ3) is 3.70. The lowest BCUT2D eigenvalue weighted by molar-refractivity contribution is 0.174. The molecule has 94 valence electrons. The summed E-state index contributed by atoms with van der Waals surface area (Å²) in [6.45, 7) is 0. The minimum Gasteiger partial charge on any atom is -0.392 e. The number of aliphatic hydroxyl groups is 1. The molecule has 1 atom stereocenters. The molecule has 4 heteroatoms. The van der Waals surface area contributed by atoms with Crippen LogP contribution in [0.3, 0.4) is 0 Å². The minimum atomic E-state index is -0.501. The molecule has 0 fully saturated rings. The van der Waals surface area contributed by atoms with Crippen LogP contribution in [0.2, 0.25) is 10.0 Å². The average molecular weight is 282 g/mol. The van der Waals surface area contributed by atoms with Gasteiger partial charge in [-0.25, -0.2) is 0 Å². The second-order valence-electron chi connectivity index (χ2n) is 4.12. The van der Waals surface area contributed by atoms with Crippen molar-refractivity contribution < 1.29 is 5.11 Å². The average Bonchev–Trinajstić information content (AvgIpc) is 2.34. The van der Waals surface area contributed by atoms with Gasteiger partial charge in [0.15, 0.2) is 0 Å². The first kappa shape index (κ1) is 13.3. The summed E-state index contributed by atoms with van der Waals surface area (Å²) in [5, 5.41) is 11.2. The van der Waals surface area contributed by atoms with Gasteiger partial charge in [0.1, 0.15) is 0 Å². The number of pyridine rings is 1. The van der Waals surface area contributed by atoms with E-state index in [1.54, 1.807) is 18.3 Å². The van der Waals surface area contributed by atoms with E-state index in [1.807, 2.05) is 24.3 Å². The van der Waals surface area contributed by atoms with Crippen LogP contribution >= 0.6 is 23.2 Å². The molecule has 0 spiro atoms. The van der Waals surface area contributed by atoms with Crippen molar-refractivity contribution in [3.63, 3.8) is 0 Å². The number of benzene rings is 1. The Kier molecular flexibility index (Phi) is 4.59. The fraction of sp³-hybridized carbons (Fsp3) is 0.214. The van der Waals surface area contributed by atoms with Gasteiger partial charge >= 0.3 is 0 Å². The molecule has 1 aromatic carbocycles. The van der Waals surface area contributed by atoms with Gasteiger partial charge in [0, 0.05) is 34.8 Å². The van der Waals surface area contributed by atoms with Gasteiger partial charge in [-0.3, -0.25) is 4.98 Å². The number of nitrogens with zero attached hydrogens (tertiary/aromatic N) is 1. The van der Waals surface area contributed by atoms with E-state index in [0.29, 0.717) is 22.9 Å². The van der Waals surface area contributed by atoms with Gasteiger partial charge in [-0.2, -0.15) is 0 Å². The number of aliphatic hydroxyl groups excluding tert-OH is 1. The van der Waals surface area contributed by atoms with Gasteiger partial charge in [-0.05, 0) is 29.8 Å². The van der Waals surface area contributed by atoms with E-state index in [0.717, 1.165) is 11.3 Å². The summed E-state index contributed by atoms with van der Waals surface area (Å²) < 4.78 is 0. The summed E-state index contributed by atoms with van der Waals surface area (Å²) in [6.07, 6.45) is 2.22. The predicted molar refractivity (Wildman–Crippen MR) is 74.1 cm³/mol. The van der Waals surface area contributed by atoms with Crippen LogP contribution in [0.4, 0.5) is 0 Å². The lowest BCUT2D eigenvalue weighted by Crippen LogP contribution is -2.14. The van der Waals surface area contributed by atoms with Crippen LogP contribution in [0.1, 0.15) is 11.3 Å². The molecule has 2 aromatic rings. The van der Waals surface area contributed by atoms with Gasteiger partial charge in [0.05, 0.1) is 6.10 Å². The van der Waals surface area contributed by atoms with Crippen LogP contribution in [-0.4, -0.2) is 16.2 Å². The molecule has 2 rings (SSSR count).